The number of hydrogen-bond donors (Lipinski definition) is 1. The molecule has 2 rings (SSSR count). The zero-order valence-corrected chi connectivity index (χ0v) is 18.2. The highest BCUT2D eigenvalue weighted by atomic mass is 32.2. The van der Waals surface area contributed by atoms with Crippen LogP contribution >= 0.6 is 0 Å². The Labute approximate surface area is 172 Å². The van der Waals surface area contributed by atoms with Crippen molar-refractivity contribution < 1.29 is 34.9 Å². The van der Waals surface area contributed by atoms with Crippen LogP contribution in [-0.4, -0.2) is 13.0 Å². The molecule has 0 atom stereocenters. The van der Waals surface area contributed by atoms with Crippen LogP contribution in [0.25, 0.3) is 11.1 Å². The fraction of sp³-hybridized carbons (Fsp3) is 0.429. The molecule has 0 fully saturated rings. The first-order valence-corrected chi connectivity index (χ1v) is 10.8. The van der Waals surface area contributed by atoms with Gasteiger partial charge >= 0.3 is 0 Å². The van der Waals surface area contributed by atoms with E-state index in [2.05, 4.69) is 0 Å². The first-order valence-electron chi connectivity index (χ1n) is 9.32. The zero-order chi connectivity index (χ0) is 23.3. The van der Waals surface area contributed by atoms with E-state index in [4.69, 9.17) is 0 Å². The summed E-state index contributed by atoms with van der Waals surface area (Å²) < 4.78 is 105. The van der Waals surface area contributed by atoms with E-state index in [1.54, 1.807) is 27.7 Å². The summed E-state index contributed by atoms with van der Waals surface area (Å²) in [5.74, 6) is -12.3. The van der Waals surface area contributed by atoms with Crippen LogP contribution in [0.15, 0.2) is 11.0 Å². The Kier molecular flexibility index (Phi) is 6.68. The normalized spacial score (nSPS) is 12.5. The second-order valence-electron chi connectivity index (χ2n) is 8.06. The Morgan fingerprint density at radius 1 is 0.667 bits per heavy atom. The summed E-state index contributed by atoms with van der Waals surface area (Å²) in [6.45, 7) is 9.63. The van der Waals surface area contributed by atoms with Crippen LogP contribution in [-0.2, 0) is 10.1 Å². The quantitative estimate of drug-likeness (QED) is 0.240. The molecule has 0 aliphatic heterocycles. The van der Waals surface area contributed by atoms with Gasteiger partial charge in [0, 0.05) is 0 Å². The van der Waals surface area contributed by atoms with E-state index in [0.29, 0.717) is 0 Å². The molecule has 0 aliphatic rings. The summed E-state index contributed by atoms with van der Waals surface area (Å²) >= 11 is 0. The lowest BCUT2D eigenvalue weighted by Gasteiger charge is -2.27. The molecular weight excluding hydrogens is 427 g/mol. The van der Waals surface area contributed by atoms with Gasteiger partial charge in [-0.2, -0.15) is 8.42 Å². The Morgan fingerprint density at radius 3 is 1.40 bits per heavy atom. The van der Waals surface area contributed by atoms with E-state index in [0.717, 1.165) is 0 Å². The van der Waals surface area contributed by atoms with Gasteiger partial charge < -0.3 is 0 Å². The molecule has 0 aliphatic carbocycles. The third-order valence-electron chi connectivity index (χ3n) is 4.91. The van der Waals surface area contributed by atoms with Crippen molar-refractivity contribution in [2.24, 2.45) is 0 Å². The van der Waals surface area contributed by atoms with Crippen LogP contribution in [0.1, 0.15) is 76.0 Å². The van der Waals surface area contributed by atoms with E-state index < -0.39 is 73.0 Å². The van der Waals surface area contributed by atoms with E-state index in [-0.39, 0.29) is 16.7 Å². The van der Waals surface area contributed by atoms with Gasteiger partial charge in [0.1, 0.15) is 4.90 Å². The Balaban J connectivity index is 3.31. The van der Waals surface area contributed by atoms with Crippen LogP contribution in [0.2, 0.25) is 0 Å². The highest BCUT2D eigenvalue weighted by molar-refractivity contribution is 7.86. The SMILES string of the molecule is CC(C)c1cc(C(C)C)c(S(=O)(=O)O)c(C(C)C)c1-c1c(F)c(F)c(F)c(F)c1F. The Morgan fingerprint density at radius 2 is 1.07 bits per heavy atom. The third-order valence-corrected chi connectivity index (χ3v) is 5.89. The molecule has 0 saturated heterocycles. The average Bonchev–Trinajstić information content (AvgIpc) is 2.62. The van der Waals surface area contributed by atoms with Crippen LogP contribution in [0.5, 0.6) is 0 Å². The van der Waals surface area contributed by atoms with Crippen LogP contribution in [0.4, 0.5) is 22.0 Å². The second kappa shape index (κ2) is 8.26. The van der Waals surface area contributed by atoms with Crippen molar-refractivity contribution >= 4 is 10.1 Å². The fourth-order valence-electron chi connectivity index (χ4n) is 3.56. The van der Waals surface area contributed by atoms with Crippen molar-refractivity contribution in [1.29, 1.82) is 0 Å². The topological polar surface area (TPSA) is 54.4 Å². The molecule has 0 unspecified atom stereocenters. The summed E-state index contributed by atoms with van der Waals surface area (Å²) in [5.41, 5.74) is -1.42. The molecule has 0 saturated carbocycles. The van der Waals surface area contributed by atoms with Gasteiger partial charge in [-0.1, -0.05) is 47.6 Å². The van der Waals surface area contributed by atoms with Gasteiger partial charge in [-0.15, -0.1) is 0 Å². The van der Waals surface area contributed by atoms with E-state index in [1.807, 2.05) is 0 Å². The molecule has 0 spiro atoms. The second-order valence-corrected chi connectivity index (χ2v) is 9.42. The maximum Gasteiger partial charge on any atom is 0.295 e. The van der Waals surface area contributed by atoms with Crippen LogP contribution < -0.4 is 0 Å². The number of rotatable bonds is 5. The lowest BCUT2D eigenvalue weighted by atomic mass is 9.81. The molecular formula is C21H23F5O3S. The van der Waals surface area contributed by atoms with Crippen molar-refractivity contribution in [3.63, 3.8) is 0 Å². The molecule has 166 valence electrons. The lowest BCUT2D eigenvalue weighted by Crippen LogP contribution is -2.16. The number of hydrogen-bond acceptors (Lipinski definition) is 2. The summed E-state index contributed by atoms with van der Waals surface area (Å²) in [6, 6.07) is 1.34. The molecule has 2 aromatic rings. The van der Waals surface area contributed by atoms with Crippen molar-refractivity contribution in [2.75, 3.05) is 0 Å². The monoisotopic (exact) mass is 450 g/mol. The maximum absolute atomic E-state index is 14.7. The van der Waals surface area contributed by atoms with Crippen LogP contribution in [0, 0.1) is 29.1 Å². The average molecular weight is 450 g/mol. The smallest absolute Gasteiger partial charge is 0.282 e. The minimum absolute atomic E-state index is 0.192. The highest BCUT2D eigenvalue weighted by Crippen LogP contribution is 2.45. The first kappa shape index (κ1) is 24.3. The number of benzene rings is 2. The predicted molar refractivity (Wildman–Crippen MR) is 104 cm³/mol. The largest absolute Gasteiger partial charge is 0.295 e. The first-order chi connectivity index (χ1) is 13.6. The van der Waals surface area contributed by atoms with Gasteiger partial charge in [0.25, 0.3) is 10.1 Å². The molecule has 0 amide bonds. The minimum atomic E-state index is -4.89. The fourth-order valence-corrected chi connectivity index (χ4v) is 4.76. The molecule has 0 aromatic heterocycles. The van der Waals surface area contributed by atoms with E-state index in [1.165, 1.54) is 19.9 Å². The molecule has 1 N–H and O–H groups in total. The van der Waals surface area contributed by atoms with Crippen molar-refractivity contribution in [3.05, 3.63) is 51.8 Å². The van der Waals surface area contributed by atoms with Gasteiger partial charge in [-0.25, -0.2) is 22.0 Å². The lowest BCUT2D eigenvalue weighted by molar-refractivity contribution is 0.381. The molecule has 0 bridgehead atoms. The van der Waals surface area contributed by atoms with Crippen molar-refractivity contribution in [2.45, 2.75) is 64.2 Å². The summed E-state index contributed by atoms with van der Waals surface area (Å²) in [5, 5.41) is 0. The van der Waals surface area contributed by atoms with E-state index >= 15 is 0 Å². The molecule has 30 heavy (non-hydrogen) atoms. The zero-order valence-electron chi connectivity index (χ0n) is 17.4. The van der Waals surface area contributed by atoms with Gasteiger partial charge in [0.15, 0.2) is 23.3 Å². The van der Waals surface area contributed by atoms with Crippen molar-refractivity contribution in [1.82, 2.24) is 0 Å². The Bertz CT molecular complexity index is 1080. The van der Waals surface area contributed by atoms with Crippen molar-refractivity contribution in [3.8, 4) is 11.1 Å². The Hall–Kier alpha value is -2.00. The molecule has 2 aromatic carbocycles. The van der Waals surface area contributed by atoms with Gasteiger partial charge in [0.2, 0.25) is 5.82 Å². The van der Waals surface area contributed by atoms with Gasteiger partial charge in [0.05, 0.1) is 5.56 Å². The standard InChI is InChI=1S/C21H23F5O3S/c1-8(2)11-7-12(9(3)4)21(30(27,28)29)13(10(5)6)14(11)15-16(22)18(24)20(26)19(25)17(15)23/h7-10H,1-6H3,(H,27,28,29). The molecule has 0 heterocycles. The third kappa shape index (κ3) is 3.97. The molecule has 9 heteroatoms. The molecule has 0 radical (unpaired) electrons. The minimum Gasteiger partial charge on any atom is -0.282 e. The maximum atomic E-state index is 14.7. The number of halogens is 5. The molecule has 3 nitrogen and oxygen atoms in total. The van der Waals surface area contributed by atoms with Gasteiger partial charge in [-0.3, -0.25) is 4.55 Å². The summed E-state index contributed by atoms with van der Waals surface area (Å²) in [6.07, 6.45) is 0. The van der Waals surface area contributed by atoms with Gasteiger partial charge in [-0.05, 0) is 40.0 Å². The van der Waals surface area contributed by atoms with Crippen LogP contribution in [0.3, 0.4) is 0 Å². The summed E-state index contributed by atoms with van der Waals surface area (Å²) in [4.78, 5) is -0.573. The summed E-state index contributed by atoms with van der Waals surface area (Å²) in [7, 11) is -4.89. The highest BCUT2D eigenvalue weighted by Gasteiger charge is 2.35. The predicted octanol–water partition coefficient (Wildman–Crippen LogP) is 6.67. The van der Waals surface area contributed by atoms with E-state index in [9.17, 15) is 34.9 Å².